The van der Waals surface area contributed by atoms with Crippen molar-refractivity contribution in [3.8, 4) is 0 Å². The number of piperazine rings is 1. The van der Waals surface area contributed by atoms with Gasteiger partial charge in [-0.15, -0.1) is 0 Å². The van der Waals surface area contributed by atoms with E-state index in [0.717, 1.165) is 18.4 Å². The highest BCUT2D eigenvalue weighted by atomic mass is 19.4. The number of hydrogen-bond acceptors (Lipinski definition) is 7. The van der Waals surface area contributed by atoms with E-state index < -0.39 is 48.6 Å². The molecule has 9 nitrogen and oxygen atoms in total. The van der Waals surface area contributed by atoms with E-state index in [2.05, 4.69) is 44.2 Å². The first-order valence-corrected chi connectivity index (χ1v) is 15.1. The molecule has 6 atom stereocenters. The Balaban J connectivity index is 1.36. The van der Waals surface area contributed by atoms with Crippen molar-refractivity contribution in [2.24, 2.45) is 11.8 Å². The summed E-state index contributed by atoms with van der Waals surface area (Å²) in [5.41, 5.74) is 1.78. The maximum atomic E-state index is 16.1. The highest BCUT2D eigenvalue weighted by Crippen LogP contribution is 2.43. The Labute approximate surface area is 253 Å². The number of benzene rings is 1. The van der Waals surface area contributed by atoms with E-state index in [1.165, 1.54) is 6.07 Å². The maximum Gasteiger partial charge on any atom is 0.393 e. The molecule has 1 aromatic carbocycles. The summed E-state index contributed by atoms with van der Waals surface area (Å²) in [4.78, 5) is 40.5. The predicted molar refractivity (Wildman–Crippen MR) is 159 cm³/mol. The fourth-order valence-electron chi connectivity index (χ4n) is 7.16. The van der Waals surface area contributed by atoms with Crippen LogP contribution in [0.15, 0.2) is 36.7 Å². The number of amides is 2. The zero-order valence-corrected chi connectivity index (χ0v) is 24.9. The summed E-state index contributed by atoms with van der Waals surface area (Å²) in [5, 5.41) is 5.15. The first-order chi connectivity index (χ1) is 20.9. The molecule has 0 saturated carbocycles. The molecule has 0 spiro atoms. The highest BCUT2D eigenvalue weighted by Gasteiger charge is 2.50. The van der Waals surface area contributed by atoms with E-state index in [1.807, 2.05) is 18.0 Å². The number of hydrogen-bond donors (Lipinski definition) is 2. The molecule has 2 amide bonds. The third-order valence-corrected chi connectivity index (χ3v) is 9.74. The van der Waals surface area contributed by atoms with Crippen molar-refractivity contribution in [3.05, 3.63) is 48.0 Å². The molecule has 1 aromatic heterocycles. The van der Waals surface area contributed by atoms with Gasteiger partial charge >= 0.3 is 6.18 Å². The van der Waals surface area contributed by atoms with Crippen molar-refractivity contribution in [2.45, 2.75) is 69.9 Å². The van der Waals surface area contributed by atoms with Crippen molar-refractivity contribution in [2.75, 3.05) is 41.8 Å². The molecule has 4 unspecified atom stereocenters. The summed E-state index contributed by atoms with van der Waals surface area (Å²) in [6.07, 6.45) is 2.14. The molecule has 5 heterocycles. The molecule has 2 aromatic rings. The van der Waals surface area contributed by atoms with Gasteiger partial charge in [-0.1, -0.05) is 6.08 Å². The van der Waals surface area contributed by atoms with Gasteiger partial charge in [-0.05, 0) is 63.9 Å². The lowest BCUT2D eigenvalue weighted by molar-refractivity contribution is -0.197. The quantitative estimate of drug-likeness (QED) is 0.487. The summed E-state index contributed by atoms with van der Waals surface area (Å²) in [6.45, 7) is 4.77. The van der Waals surface area contributed by atoms with Gasteiger partial charge in [0.05, 0.1) is 29.3 Å². The van der Waals surface area contributed by atoms with Gasteiger partial charge in [0.1, 0.15) is 5.82 Å². The topological polar surface area (TPSA) is 93.7 Å². The fourth-order valence-corrected chi connectivity index (χ4v) is 7.16. The van der Waals surface area contributed by atoms with E-state index in [4.69, 9.17) is 0 Å². The molecular formula is C31H37F4N7O2. The van der Waals surface area contributed by atoms with Gasteiger partial charge in [-0.3, -0.25) is 14.5 Å². The van der Waals surface area contributed by atoms with Crippen LogP contribution in [0.25, 0.3) is 5.57 Å². The standard InChI is InChI=1S/C31H37F4N7O2/c1-17-15-41(16-18(2)40(17)3)27-13-25(32)22(19-9-20-5-6-21(10-19)42(20)30-36-7-4-8-37-30)11-26(27)39-29(44)23-14-38-28(43)12-24(23)31(33,34)35/h4,7-9,11,13,17-18,20-21,23-24H,5-6,10,12,14-16H2,1-3H3,(H,38,43)(H,39,44)/t17-,18+,20?,21?,23?,24?. The predicted octanol–water partition coefficient (Wildman–Crippen LogP) is 4.22. The Morgan fingerprint density at radius 1 is 1.07 bits per heavy atom. The van der Waals surface area contributed by atoms with Gasteiger partial charge in [0.2, 0.25) is 17.8 Å². The average Bonchev–Trinajstić information content (AvgIpc) is 3.25. The van der Waals surface area contributed by atoms with E-state index >= 15 is 4.39 Å². The number of rotatable bonds is 5. The molecule has 13 heteroatoms. The fraction of sp³-hybridized carbons (Fsp3) is 0.548. The van der Waals surface area contributed by atoms with Crippen molar-refractivity contribution in [3.63, 3.8) is 0 Å². The molecule has 0 aliphatic carbocycles. The number of alkyl halides is 3. The van der Waals surface area contributed by atoms with Crippen LogP contribution in [0.3, 0.4) is 0 Å². The van der Waals surface area contributed by atoms with Crippen LogP contribution < -0.4 is 20.4 Å². The SMILES string of the molecule is C[C@@H]1CN(c2cc(F)c(C3=CC4CCC(C3)N4c3ncccn3)cc2NC(=O)C2CNC(=O)CC2C(F)(F)F)C[C@H](C)N1C. The van der Waals surface area contributed by atoms with Crippen LogP contribution in [0.2, 0.25) is 0 Å². The molecule has 4 aliphatic rings. The molecular weight excluding hydrogens is 578 g/mol. The zero-order valence-electron chi connectivity index (χ0n) is 24.9. The van der Waals surface area contributed by atoms with Crippen molar-refractivity contribution < 1.29 is 27.2 Å². The number of halogens is 4. The number of nitrogens with zero attached hydrogens (tertiary/aromatic N) is 5. The third kappa shape index (κ3) is 5.73. The minimum atomic E-state index is -4.72. The minimum Gasteiger partial charge on any atom is -0.367 e. The van der Waals surface area contributed by atoms with Crippen LogP contribution in [-0.2, 0) is 9.59 Å². The monoisotopic (exact) mass is 615 g/mol. The first kappa shape index (κ1) is 30.3. The number of fused-ring (bicyclic) bond motifs is 2. The Morgan fingerprint density at radius 2 is 1.77 bits per heavy atom. The second-order valence-corrected chi connectivity index (χ2v) is 12.5. The summed E-state index contributed by atoms with van der Waals surface area (Å²) in [5.74, 6) is -5.04. The lowest BCUT2D eigenvalue weighted by Crippen LogP contribution is -2.55. The van der Waals surface area contributed by atoms with E-state index in [-0.39, 0.29) is 29.9 Å². The molecule has 0 radical (unpaired) electrons. The van der Waals surface area contributed by atoms with Crippen molar-refractivity contribution in [1.82, 2.24) is 20.2 Å². The smallest absolute Gasteiger partial charge is 0.367 e. The number of likely N-dealkylation sites (N-methyl/N-ethyl adjacent to an activating group) is 1. The van der Waals surface area contributed by atoms with Gasteiger partial charge in [0.25, 0.3) is 0 Å². The Hall–Kier alpha value is -3.74. The van der Waals surface area contributed by atoms with Crippen LogP contribution in [0, 0.1) is 17.7 Å². The van der Waals surface area contributed by atoms with Crippen LogP contribution in [-0.4, -0.2) is 83.7 Å². The van der Waals surface area contributed by atoms with Gasteiger partial charge < -0.3 is 20.4 Å². The largest absolute Gasteiger partial charge is 0.393 e. The molecule has 44 heavy (non-hydrogen) atoms. The number of nitrogens with one attached hydrogen (secondary N) is 2. The van der Waals surface area contributed by atoms with E-state index in [1.54, 1.807) is 24.5 Å². The molecule has 3 saturated heterocycles. The van der Waals surface area contributed by atoms with Crippen LogP contribution in [0.1, 0.15) is 45.1 Å². The van der Waals surface area contributed by atoms with Crippen LogP contribution >= 0.6 is 0 Å². The van der Waals surface area contributed by atoms with Crippen molar-refractivity contribution in [1.29, 1.82) is 0 Å². The summed E-state index contributed by atoms with van der Waals surface area (Å²) in [6, 6.07) is 5.00. The molecule has 3 fully saturated rings. The molecule has 6 rings (SSSR count). The summed E-state index contributed by atoms with van der Waals surface area (Å²) in [7, 11) is 2.02. The highest BCUT2D eigenvalue weighted by molar-refractivity contribution is 5.98. The molecule has 2 N–H and O–H groups in total. The van der Waals surface area contributed by atoms with E-state index in [0.29, 0.717) is 36.7 Å². The zero-order chi connectivity index (χ0) is 31.3. The number of anilines is 3. The summed E-state index contributed by atoms with van der Waals surface area (Å²) < 4.78 is 57.8. The van der Waals surface area contributed by atoms with Gasteiger partial charge in [-0.2, -0.15) is 13.2 Å². The third-order valence-electron chi connectivity index (χ3n) is 9.74. The van der Waals surface area contributed by atoms with Crippen LogP contribution in [0.4, 0.5) is 34.9 Å². The molecule has 4 aliphatic heterocycles. The number of carbonyl (C=O) groups is 2. The van der Waals surface area contributed by atoms with E-state index in [9.17, 15) is 22.8 Å². The first-order valence-electron chi connectivity index (χ1n) is 15.1. The average molecular weight is 616 g/mol. The molecule has 2 bridgehead atoms. The minimum absolute atomic E-state index is 0.0269. The maximum absolute atomic E-state index is 16.1. The van der Waals surface area contributed by atoms with Crippen LogP contribution in [0.5, 0.6) is 0 Å². The lowest BCUT2D eigenvalue weighted by Gasteiger charge is -2.44. The molecule has 236 valence electrons. The van der Waals surface area contributed by atoms with Crippen molar-refractivity contribution >= 4 is 34.7 Å². The van der Waals surface area contributed by atoms with Gasteiger partial charge in [0, 0.05) is 62.1 Å². The number of carbonyl (C=O) groups excluding carboxylic acids is 2. The number of aromatic nitrogens is 2. The Bertz CT molecular complexity index is 1440. The normalized spacial score (nSPS) is 29.3. The van der Waals surface area contributed by atoms with Gasteiger partial charge in [-0.25, -0.2) is 14.4 Å². The summed E-state index contributed by atoms with van der Waals surface area (Å²) >= 11 is 0. The second kappa shape index (κ2) is 11.6. The Morgan fingerprint density at radius 3 is 2.43 bits per heavy atom. The number of piperidine rings is 1. The Kier molecular flexibility index (Phi) is 8.02. The van der Waals surface area contributed by atoms with Gasteiger partial charge in [0.15, 0.2) is 0 Å². The second-order valence-electron chi connectivity index (χ2n) is 12.5. The lowest BCUT2D eigenvalue weighted by atomic mass is 9.84.